The topological polar surface area (TPSA) is 82.6 Å². The number of benzene rings is 1. The van der Waals surface area contributed by atoms with Gasteiger partial charge in [-0.1, -0.05) is 6.07 Å². The van der Waals surface area contributed by atoms with Gasteiger partial charge in [0, 0.05) is 29.7 Å². The van der Waals surface area contributed by atoms with E-state index >= 15 is 0 Å². The Hall–Kier alpha value is -2.41. The van der Waals surface area contributed by atoms with Crippen LogP contribution in [-0.4, -0.2) is 46.6 Å². The smallest absolute Gasteiger partial charge is 0.320 e. The number of nitrogens with zero attached hydrogens (tertiary/aromatic N) is 1. The number of rotatable bonds is 4. The van der Waals surface area contributed by atoms with Crippen molar-refractivity contribution in [2.24, 2.45) is 5.92 Å². The van der Waals surface area contributed by atoms with E-state index in [2.05, 4.69) is 4.98 Å². The molecule has 1 aromatic heterocycles. The molecule has 0 spiro atoms. The molecular formula is C17H19FN2O4. The number of methoxy groups -OCH3 is 1. The summed E-state index contributed by atoms with van der Waals surface area (Å²) in [5.41, 5.74) is 1.38. The second-order valence-electron chi connectivity index (χ2n) is 6.08. The Balaban J connectivity index is 1.83. The van der Waals surface area contributed by atoms with Crippen molar-refractivity contribution in [2.75, 3.05) is 13.7 Å². The fraction of sp³-hybridized carbons (Fsp3) is 0.412. The first-order valence-corrected chi connectivity index (χ1v) is 7.80. The van der Waals surface area contributed by atoms with E-state index in [-0.39, 0.29) is 17.7 Å². The number of H-pyrrole nitrogens is 1. The van der Waals surface area contributed by atoms with Gasteiger partial charge >= 0.3 is 11.9 Å². The van der Waals surface area contributed by atoms with Crippen molar-refractivity contribution in [1.82, 2.24) is 9.88 Å². The van der Waals surface area contributed by atoms with Crippen LogP contribution in [0.4, 0.5) is 4.39 Å². The average Bonchev–Trinajstić information content (AvgIpc) is 2.97. The van der Waals surface area contributed by atoms with Crippen LogP contribution in [0.1, 0.15) is 18.5 Å². The maximum absolute atomic E-state index is 13.8. The molecular weight excluding hydrogens is 315 g/mol. The van der Waals surface area contributed by atoms with E-state index in [4.69, 9.17) is 4.74 Å². The molecule has 0 bridgehead atoms. The summed E-state index contributed by atoms with van der Waals surface area (Å²) in [5, 5.41) is 9.90. The molecule has 2 aromatic rings. The van der Waals surface area contributed by atoms with Gasteiger partial charge in [0.25, 0.3) is 0 Å². The molecule has 3 rings (SSSR count). The maximum atomic E-state index is 13.8. The van der Waals surface area contributed by atoms with Crippen molar-refractivity contribution < 1.29 is 23.8 Å². The summed E-state index contributed by atoms with van der Waals surface area (Å²) in [6.45, 7) is 0.611. The van der Waals surface area contributed by atoms with Gasteiger partial charge in [0.15, 0.2) is 0 Å². The van der Waals surface area contributed by atoms with Gasteiger partial charge in [0.05, 0.1) is 13.0 Å². The van der Waals surface area contributed by atoms with Crippen LogP contribution in [0.25, 0.3) is 10.9 Å². The van der Waals surface area contributed by atoms with E-state index in [1.165, 1.54) is 13.2 Å². The van der Waals surface area contributed by atoms with Crippen LogP contribution in [0.15, 0.2) is 24.3 Å². The highest BCUT2D eigenvalue weighted by Crippen LogP contribution is 2.26. The third-order valence-corrected chi connectivity index (χ3v) is 4.54. The third kappa shape index (κ3) is 3.12. The molecule has 128 valence electrons. The minimum absolute atomic E-state index is 0.304. The number of fused-ring (bicyclic) bond motifs is 1. The molecule has 0 radical (unpaired) electrons. The fourth-order valence-electron chi connectivity index (χ4n) is 3.34. The summed E-state index contributed by atoms with van der Waals surface area (Å²) in [5.74, 6) is -1.91. The average molecular weight is 334 g/mol. The van der Waals surface area contributed by atoms with Crippen molar-refractivity contribution >= 4 is 22.8 Å². The van der Waals surface area contributed by atoms with Gasteiger partial charge in [-0.05, 0) is 31.0 Å². The summed E-state index contributed by atoms with van der Waals surface area (Å²) in [7, 11) is 1.33. The van der Waals surface area contributed by atoms with E-state index in [9.17, 15) is 19.1 Å². The first-order chi connectivity index (χ1) is 11.5. The predicted octanol–water partition coefficient (Wildman–Crippen LogP) is 2.15. The number of aromatic nitrogens is 1. The highest BCUT2D eigenvalue weighted by atomic mass is 19.1. The van der Waals surface area contributed by atoms with Crippen LogP contribution >= 0.6 is 0 Å². The monoisotopic (exact) mass is 334 g/mol. The quantitative estimate of drug-likeness (QED) is 0.837. The van der Waals surface area contributed by atoms with E-state index in [0.29, 0.717) is 42.5 Å². The Bertz CT molecular complexity index is 773. The zero-order valence-corrected chi connectivity index (χ0v) is 13.3. The van der Waals surface area contributed by atoms with Gasteiger partial charge in [-0.3, -0.25) is 14.5 Å². The largest absolute Gasteiger partial charge is 0.480 e. The minimum atomic E-state index is -0.916. The molecule has 6 nitrogen and oxygen atoms in total. The van der Waals surface area contributed by atoms with Crippen LogP contribution in [0.3, 0.4) is 0 Å². The molecule has 1 aliphatic rings. The molecule has 2 heterocycles. The Morgan fingerprint density at radius 3 is 2.88 bits per heavy atom. The van der Waals surface area contributed by atoms with Gasteiger partial charge in [-0.15, -0.1) is 0 Å². The lowest BCUT2D eigenvalue weighted by Gasteiger charge is -2.36. The number of halogens is 1. The molecule has 2 unspecified atom stereocenters. The summed E-state index contributed by atoms with van der Waals surface area (Å²) < 4.78 is 18.6. The number of aromatic amines is 1. The van der Waals surface area contributed by atoms with Crippen LogP contribution in [-0.2, 0) is 20.9 Å². The normalized spacial score (nSPS) is 21.8. The van der Waals surface area contributed by atoms with Gasteiger partial charge in [0.2, 0.25) is 0 Å². The van der Waals surface area contributed by atoms with Crippen molar-refractivity contribution in [3.05, 3.63) is 35.8 Å². The number of ether oxygens (including phenoxy) is 1. The molecule has 0 saturated carbocycles. The zero-order valence-electron chi connectivity index (χ0n) is 13.3. The summed E-state index contributed by atoms with van der Waals surface area (Å²) in [6.07, 6.45) is 0.866. The van der Waals surface area contributed by atoms with Crippen LogP contribution in [0.5, 0.6) is 0 Å². The maximum Gasteiger partial charge on any atom is 0.320 e. The van der Waals surface area contributed by atoms with Gasteiger partial charge in [0.1, 0.15) is 11.9 Å². The van der Waals surface area contributed by atoms with E-state index < -0.39 is 12.0 Å². The number of carbonyl (C=O) groups excluding carboxylic acids is 1. The van der Waals surface area contributed by atoms with Crippen LogP contribution < -0.4 is 0 Å². The Morgan fingerprint density at radius 2 is 2.21 bits per heavy atom. The van der Waals surface area contributed by atoms with Crippen molar-refractivity contribution in [3.63, 3.8) is 0 Å². The Labute approximate surface area is 138 Å². The van der Waals surface area contributed by atoms with Gasteiger partial charge in [-0.2, -0.15) is 0 Å². The molecule has 2 atom stereocenters. The number of likely N-dealkylation sites (tertiary alicyclic amines) is 1. The number of esters is 1. The van der Waals surface area contributed by atoms with Crippen LogP contribution in [0, 0.1) is 11.7 Å². The third-order valence-electron chi connectivity index (χ3n) is 4.54. The molecule has 1 saturated heterocycles. The summed E-state index contributed by atoms with van der Waals surface area (Å²) in [6, 6.07) is 5.79. The van der Waals surface area contributed by atoms with Gasteiger partial charge < -0.3 is 14.8 Å². The van der Waals surface area contributed by atoms with Crippen molar-refractivity contribution in [2.45, 2.75) is 25.4 Å². The number of carboxylic acids is 1. The second-order valence-corrected chi connectivity index (χ2v) is 6.08. The van der Waals surface area contributed by atoms with Crippen molar-refractivity contribution in [3.8, 4) is 0 Å². The molecule has 2 N–H and O–H groups in total. The number of nitrogens with one attached hydrogen (secondary N) is 1. The second kappa shape index (κ2) is 6.60. The highest BCUT2D eigenvalue weighted by molar-refractivity contribution is 5.81. The van der Waals surface area contributed by atoms with E-state index in [1.807, 2.05) is 0 Å². The predicted molar refractivity (Wildman–Crippen MR) is 84.8 cm³/mol. The Morgan fingerprint density at radius 1 is 1.42 bits per heavy atom. The fourth-order valence-corrected chi connectivity index (χ4v) is 3.34. The number of hydrogen-bond acceptors (Lipinski definition) is 4. The standard InChI is InChI=1S/C17H19FN2O4/c1-24-17(23)10-5-6-15(16(21)22)20(8-10)9-11-7-12-13(18)3-2-4-14(12)19-11/h2-4,7,10,15,19H,5-6,8-9H2,1H3,(H,21,22). The zero-order chi connectivity index (χ0) is 17.3. The minimum Gasteiger partial charge on any atom is -0.480 e. The highest BCUT2D eigenvalue weighted by Gasteiger charge is 2.36. The number of hydrogen-bond donors (Lipinski definition) is 2. The SMILES string of the molecule is COC(=O)C1CCC(C(=O)O)N(Cc2cc3c(F)cccc3[nH]2)C1. The number of aliphatic carboxylic acids is 1. The summed E-state index contributed by atoms with van der Waals surface area (Å²) >= 11 is 0. The molecule has 7 heteroatoms. The molecule has 0 aliphatic carbocycles. The first kappa shape index (κ1) is 16.4. The molecule has 0 amide bonds. The number of piperidine rings is 1. The lowest BCUT2D eigenvalue weighted by Crippen LogP contribution is -2.48. The number of carboxylic acid groups (broad SMARTS) is 1. The lowest BCUT2D eigenvalue weighted by molar-refractivity contribution is -0.153. The van der Waals surface area contributed by atoms with E-state index in [1.54, 1.807) is 23.1 Å². The first-order valence-electron chi connectivity index (χ1n) is 7.80. The van der Waals surface area contributed by atoms with Gasteiger partial charge in [-0.25, -0.2) is 4.39 Å². The van der Waals surface area contributed by atoms with Crippen molar-refractivity contribution in [1.29, 1.82) is 0 Å². The Kier molecular flexibility index (Phi) is 4.53. The van der Waals surface area contributed by atoms with Crippen LogP contribution in [0.2, 0.25) is 0 Å². The molecule has 1 aromatic carbocycles. The molecule has 1 aliphatic heterocycles. The number of carbonyl (C=O) groups is 2. The molecule has 1 fully saturated rings. The summed E-state index contributed by atoms with van der Waals surface area (Å²) in [4.78, 5) is 28.1. The molecule has 24 heavy (non-hydrogen) atoms. The lowest BCUT2D eigenvalue weighted by atomic mass is 9.92. The van der Waals surface area contributed by atoms with E-state index in [0.717, 1.165) is 0 Å².